The summed E-state index contributed by atoms with van der Waals surface area (Å²) >= 11 is 0. The van der Waals surface area contributed by atoms with Gasteiger partial charge in [0, 0.05) is 12.2 Å². The summed E-state index contributed by atoms with van der Waals surface area (Å²) in [5.74, 6) is -0.283. The van der Waals surface area contributed by atoms with E-state index in [1.807, 2.05) is 6.92 Å². The first-order valence-corrected chi connectivity index (χ1v) is 6.70. The first-order chi connectivity index (χ1) is 9.40. The van der Waals surface area contributed by atoms with E-state index in [1.165, 1.54) is 0 Å². The molecule has 0 aliphatic carbocycles. The molecule has 1 aromatic rings. The van der Waals surface area contributed by atoms with E-state index in [1.54, 1.807) is 18.2 Å². The summed E-state index contributed by atoms with van der Waals surface area (Å²) in [5.41, 5.74) is 7.49. The number of amides is 1. The summed E-state index contributed by atoms with van der Waals surface area (Å²) in [7, 11) is 0. The second-order valence-corrected chi connectivity index (χ2v) is 5.18. The van der Waals surface area contributed by atoms with E-state index >= 15 is 0 Å². The summed E-state index contributed by atoms with van der Waals surface area (Å²) in [6.07, 6.45) is 0.900. The van der Waals surface area contributed by atoms with Crippen molar-refractivity contribution >= 4 is 17.6 Å². The molecule has 0 saturated heterocycles. The number of hydrogen-bond acceptors (Lipinski definition) is 4. The zero-order valence-corrected chi connectivity index (χ0v) is 12.2. The molecule has 0 saturated carbocycles. The molecule has 0 aliphatic heterocycles. The van der Waals surface area contributed by atoms with Gasteiger partial charge < -0.3 is 15.8 Å². The molecule has 0 bridgehead atoms. The molecule has 0 aliphatic rings. The summed E-state index contributed by atoms with van der Waals surface area (Å²) < 4.78 is 4.95. The van der Waals surface area contributed by atoms with Crippen LogP contribution in [0.25, 0.3) is 0 Å². The van der Waals surface area contributed by atoms with Crippen molar-refractivity contribution in [3.05, 3.63) is 29.3 Å². The SMILES string of the molecule is Cc1cc(C(=O)OCC(=O)NCCC(C)C)ccc1N. The maximum Gasteiger partial charge on any atom is 0.338 e. The molecule has 0 fully saturated rings. The van der Waals surface area contributed by atoms with Crippen molar-refractivity contribution in [2.45, 2.75) is 27.2 Å². The predicted octanol–water partition coefficient (Wildman–Crippen LogP) is 1.90. The Balaban J connectivity index is 2.39. The van der Waals surface area contributed by atoms with Crippen molar-refractivity contribution in [3.63, 3.8) is 0 Å². The summed E-state index contributed by atoms with van der Waals surface area (Å²) in [6.45, 7) is 6.30. The number of hydrogen-bond donors (Lipinski definition) is 2. The maximum absolute atomic E-state index is 11.8. The van der Waals surface area contributed by atoms with Crippen LogP contribution in [0.3, 0.4) is 0 Å². The van der Waals surface area contributed by atoms with Crippen LogP contribution in [0.4, 0.5) is 5.69 Å². The number of benzene rings is 1. The number of ether oxygens (including phenoxy) is 1. The number of carbonyl (C=O) groups is 2. The van der Waals surface area contributed by atoms with E-state index < -0.39 is 5.97 Å². The first-order valence-electron chi connectivity index (χ1n) is 6.70. The van der Waals surface area contributed by atoms with Gasteiger partial charge in [-0.3, -0.25) is 4.79 Å². The van der Waals surface area contributed by atoms with E-state index in [-0.39, 0.29) is 12.5 Å². The number of aryl methyl sites for hydroxylation is 1. The highest BCUT2D eigenvalue weighted by atomic mass is 16.5. The van der Waals surface area contributed by atoms with Crippen molar-refractivity contribution in [1.82, 2.24) is 5.32 Å². The lowest BCUT2D eigenvalue weighted by molar-refractivity contribution is -0.124. The van der Waals surface area contributed by atoms with Crippen molar-refractivity contribution in [1.29, 1.82) is 0 Å². The zero-order valence-electron chi connectivity index (χ0n) is 12.2. The van der Waals surface area contributed by atoms with Crippen LogP contribution >= 0.6 is 0 Å². The van der Waals surface area contributed by atoms with Crippen LogP contribution in [0.15, 0.2) is 18.2 Å². The fourth-order valence-corrected chi connectivity index (χ4v) is 1.57. The van der Waals surface area contributed by atoms with E-state index in [0.717, 1.165) is 12.0 Å². The lowest BCUT2D eigenvalue weighted by Crippen LogP contribution is -2.30. The summed E-state index contributed by atoms with van der Waals surface area (Å²) in [6, 6.07) is 4.88. The number of anilines is 1. The van der Waals surface area contributed by atoms with Gasteiger partial charge >= 0.3 is 5.97 Å². The molecule has 0 radical (unpaired) electrons. The van der Waals surface area contributed by atoms with Gasteiger partial charge in [0.2, 0.25) is 0 Å². The molecule has 0 heterocycles. The lowest BCUT2D eigenvalue weighted by atomic mass is 10.1. The standard InChI is InChI=1S/C15H22N2O3/c1-10(2)6-7-17-14(18)9-20-15(19)12-4-5-13(16)11(3)8-12/h4-5,8,10H,6-7,9,16H2,1-3H3,(H,17,18). The van der Waals surface area contributed by atoms with Crippen LogP contribution in [-0.4, -0.2) is 25.0 Å². The van der Waals surface area contributed by atoms with Gasteiger partial charge in [-0.05, 0) is 43.0 Å². The minimum Gasteiger partial charge on any atom is -0.452 e. The van der Waals surface area contributed by atoms with Gasteiger partial charge in [0.15, 0.2) is 6.61 Å². The third kappa shape index (κ3) is 5.30. The van der Waals surface area contributed by atoms with Gasteiger partial charge in [-0.1, -0.05) is 13.8 Å². The molecule has 0 aromatic heterocycles. The fourth-order valence-electron chi connectivity index (χ4n) is 1.57. The van der Waals surface area contributed by atoms with Crippen molar-refractivity contribution < 1.29 is 14.3 Å². The van der Waals surface area contributed by atoms with Crippen molar-refractivity contribution in [2.24, 2.45) is 5.92 Å². The van der Waals surface area contributed by atoms with Gasteiger partial charge in [0.25, 0.3) is 5.91 Å². The second kappa shape index (κ2) is 7.53. The van der Waals surface area contributed by atoms with E-state index in [9.17, 15) is 9.59 Å². The molecule has 3 N–H and O–H groups in total. The number of carbonyl (C=O) groups excluding carboxylic acids is 2. The van der Waals surface area contributed by atoms with Crippen LogP contribution in [-0.2, 0) is 9.53 Å². The van der Waals surface area contributed by atoms with Crippen LogP contribution in [0.2, 0.25) is 0 Å². The number of nitrogens with two attached hydrogens (primary N) is 1. The van der Waals surface area contributed by atoms with Crippen LogP contribution < -0.4 is 11.1 Å². The van der Waals surface area contributed by atoms with Gasteiger partial charge in [-0.15, -0.1) is 0 Å². The number of esters is 1. The Labute approximate surface area is 119 Å². The molecule has 0 atom stereocenters. The maximum atomic E-state index is 11.8. The van der Waals surface area contributed by atoms with Gasteiger partial charge in [-0.25, -0.2) is 4.79 Å². The topological polar surface area (TPSA) is 81.4 Å². The predicted molar refractivity (Wildman–Crippen MR) is 78.3 cm³/mol. The Hall–Kier alpha value is -2.04. The minimum atomic E-state index is -0.521. The third-order valence-corrected chi connectivity index (χ3v) is 2.88. The van der Waals surface area contributed by atoms with Crippen LogP contribution in [0.5, 0.6) is 0 Å². The van der Waals surface area contributed by atoms with Gasteiger partial charge in [0.1, 0.15) is 0 Å². The molecule has 110 valence electrons. The molecule has 0 unspecified atom stereocenters. The molecule has 1 aromatic carbocycles. The normalized spacial score (nSPS) is 10.4. The quantitative estimate of drug-likeness (QED) is 0.615. The Morgan fingerprint density at radius 2 is 2.05 bits per heavy atom. The highest BCUT2D eigenvalue weighted by Gasteiger charge is 2.10. The van der Waals surface area contributed by atoms with Crippen molar-refractivity contribution in [2.75, 3.05) is 18.9 Å². The molecule has 1 amide bonds. The van der Waals surface area contributed by atoms with Gasteiger partial charge in [0.05, 0.1) is 5.56 Å². The van der Waals surface area contributed by atoms with Crippen molar-refractivity contribution in [3.8, 4) is 0 Å². The number of nitrogen functional groups attached to an aromatic ring is 1. The molecule has 5 nitrogen and oxygen atoms in total. The highest BCUT2D eigenvalue weighted by molar-refractivity contribution is 5.92. The number of rotatable bonds is 6. The Morgan fingerprint density at radius 1 is 1.35 bits per heavy atom. The van der Waals surface area contributed by atoms with E-state index in [4.69, 9.17) is 10.5 Å². The Bertz CT molecular complexity index is 484. The highest BCUT2D eigenvalue weighted by Crippen LogP contribution is 2.13. The fraction of sp³-hybridized carbons (Fsp3) is 0.467. The molecular formula is C15H22N2O3. The molecule has 20 heavy (non-hydrogen) atoms. The van der Waals surface area contributed by atoms with E-state index in [2.05, 4.69) is 19.2 Å². The average molecular weight is 278 g/mol. The minimum absolute atomic E-state index is 0.264. The lowest BCUT2D eigenvalue weighted by Gasteiger charge is -2.08. The zero-order chi connectivity index (χ0) is 15.1. The molecule has 1 rings (SSSR count). The summed E-state index contributed by atoms with van der Waals surface area (Å²) in [4.78, 5) is 23.2. The first kappa shape index (κ1) is 16.0. The summed E-state index contributed by atoms with van der Waals surface area (Å²) in [5, 5.41) is 2.71. The number of nitrogens with one attached hydrogen (secondary N) is 1. The molecular weight excluding hydrogens is 256 g/mol. The third-order valence-electron chi connectivity index (χ3n) is 2.88. The Morgan fingerprint density at radius 3 is 2.65 bits per heavy atom. The van der Waals surface area contributed by atoms with Crippen LogP contribution in [0.1, 0.15) is 36.2 Å². The molecule has 0 spiro atoms. The van der Waals surface area contributed by atoms with Crippen LogP contribution in [0, 0.1) is 12.8 Å². The smallest absolute Gasteiger partial charge is 0.338 e. The van der Waals surface area contributed by atoms with E-state index in [0.29, 0.717) is 23.7 Å². The second-order valence-electron chi connectivity index (χ2n) is 5.18. The Kier molecular flexibility index (Phi) is 6.03. The molecule has 5 heteroatoms. The average Bonchev–Trinajstić information content (AvgIpc) is 2.38. The largest absolute Gasteiger partial charge is 0.452 e. The monoisotopic (exact) mass is 278 g/mol. The van der Waals surface area contributed by atoms with Gasteiger partial charge in [-0.2, -0.15) is 0 Å².